The molecule has 2 amide bonds. The third-order valence-electron chi connectivity index (χ3n) is 10.5. The summed E-state index contributed by atoms with van der Waals surface area (Å²) in [5.41, 5.74) is 14.3. The number of unbranched alkanes of at least 4 members (excludes halogenated alkanes) is 2. The van der Waals surface area contributed by atoms with Crippen molar-refractivity contribution in [2.45, 2.75) is 83.1 Å². The van der Waals surface area contributed by atoms with Crippen LogP contribution in [0.3, 0.4) is 0 Å². The van der Waals surface area contributed by atoms with Crippen molar-refractivity contribution in [3.63, 3.8) is 0 Å². The van der Waals surface area contributed by atoms with Gasteiger partial charge in [-0.05, 0) is 84.5 Å². The first-order valence-electron chi connectivity index (χ1n) is 19.6. The number of hydrogen-bond acceptors (Lipinski definition) is 7. The van der Waals surface area contributed by atoms with Crippen LogP contribution in [0.2, 0.25) is 0 Å². The number of aliphatic hydroxyl groups is 1. The van der Waals surface area contributed by atoms with Crippen LogP contribution < -0.4 is 16.4 Å². The molecule has 0 saturated carbocycles. The van der Waals surface area contributed by atoms with E-state index in [2.05, 4.69) is 84.1 Å². The Hall–Kier alpha value is -5.32. The van der Waals surface area contributed by atoms with Crippen LogP contribution in [0.4, 0.5) is 11.4 Å². The van der Waals surface area contributed by atoms with Crippen molar-refractivity contribution in [1.82, 2.24) is 10.2 Å². The van der Waals surface area contributed by atoms with Gasteiger partial charge >= 0.3 is 0 Å². The number of nitrogens with two attached hydrogens (primary N) is 1. The number of hydrogen-bond donors (Lipinski definition) is 4. The molecule has 1 saturated heterocycles. The van der Waals surface area contributed by atoms with Crippen LogP contribution in [0.5, 0.6) is 0 Å². The van der Waals surface area contributed by atoms with Crippen LogP contribution in [-0.4, -0.2) is 41.5 Å². The van der Waals surface area contributed by atoms with E-state index in [1.54, 1.807) is 12.1 Å². The summed E-state index contributed by atoms with van der Waals surface area (Å²) in [4.78, 5) is 27.3. The molecule has 0 aromatic heterocycles. The summed E-state index contributed by atoms with van der Waals surface area (Å²) in [5, 5.41) is 15.5. The molecule has 9 nitrogen and oxygen atoms in total. The first kappa shape index (κ1) is 40.3. The zero-order valence-corrected chi connectivity index (χ0v) is 32.4. The summed E-state index contributed by atoms with van der Waals surface area (Å²) in [7, 11) is 2.14. The van der Waals surface area contributed by atoms with Gasteiger partial charge in [0.1, 0.15) is 0 Å². The van der Waals surface area contributed by atoms with Gasteiger partial charge in [-0.3, -0.25) is 14.5 Å². The predicted octanol–water partition coefficient (Wildman–Crippen LogP) is 8.87. The van der Waals surface area contributed by atoms with Crippen molar-refractivity contribution in [2.75, 3.05) is 24.6 Å². The van der Waals surface area contributed by atoms with E-state index < -0.39 is 6.29 Å². The molecule has 5 aromatic rings. The minimum absolute atomic E-state index is 0.00173. The van der Waals surface area contributed by atoms with Crippen molar-refractivity contribution < 1.29 is 24.2 Å². The van der Waals surface area contributed by atoms with Gasteiger partial charge in [-0.1, -0.05) is 110 Å². The Kier molecular flexibility index (Phi) is 14.4. The molecule has 0 aliphatic carbocycles. The van der Waals surface area contributed by atoms with Crippen LogP contribution in [0.1, 0.15) is 91.7 Å². The van der Waals surface area contributed by atoms with E-state index in [-0.39, 0.29) is 36.7 Å². The van der Waals surface area contributed by atoms with Crippen LogP contribution >= 0.6 is 0 Å². The zero-order chi connectivity index (χ0) is 39.3. The van der Waals surface area contributed by atoms with Gasteiger partial charge < -0.3 is 30.9 Å². The standard InChI is InChI=1S/C47H54N4O5/c1-33(36-14-5-3-6-15-36)51(2)31-41-29-44(37-25-23-34(32-52)24-26-37)56-47(55-41)40-18-12-17-39(28-40)38-16-11-13-35(27-38)30-49-45(53)21-7-4-8-22-46(54)50-43-20-10-9-19-42(43)48/h3,5-6,9-20,23-28,33,41,44,47,52H,4,7-8,21-22,29-32,48H2,1-2H3,(H,49,53)(H,50,54). The molecule has 5 aromatic carbocycles. The second kappa shape index (κ2) is 20.0. The highest BCUT2D eigenvalue weighted by atomic mass is 16.7. The summed E-state index contributed by atoms with van der Waals surface area (Å²) in [6, 6.07) is 42.4. The number of benzene rings is 5. The van der Waals surface area contributed by atoms with E-state index in [1.165, 1.54) is 5.56 Å². The highest BCUT2D eigenvalue weighted by Gasteiger charge is 2.33. The van der Waals surface area contributed by atoms with Crippen molar-refractivity contribution >= 4 is 23.2 Å². The van der Waals surface area contributed by atoms with E-state index in [0.717, 1.165) is 46.3 Å². The Balaban J connectivity index is 1.05. The Labute approximate surface area is 330 Å². The number of likely N-dealkylation sites (N-methyl/N-ethyl adjacent to an activating group) is 1. The van der Waals surface area contributed by atoms with Crippen LogP contribution in [0, 0.1) is 0 Å². The van der Waals surface area contributed by atoms with E-state index >= 15 is 0 Å². The number of nitrogens with one attached hydrogen (secondary N) is 2. The number of aliphatic hydroxyl groups excluding tert-OH is 1. The van der Waals surface area contributed by atoms with Crippen molar-refractivity contribution in [2.24, 2.45) is 0 Å². The summed E-state index contributed by atoms with van der Waals surface area (Å²) in [5.74, 6) is -0.0865. The average molecular weight is 755 g/mol. The Morgan fingerprint density at radius 3 is 2.21 bits per heavy atom. The molecule has 9 heteroatoms. The Morgan fingerprint density at radius 2 is 1.46 bits per heavy atom. The third-order valence-corrected chi connectivity index (χ3v) is 10.5. The van der Waals surface area contributed by atoms with Gasteiger partial charge in [-0.25, -0.2) is 0 Å². The molecule has 0 bridgehead atoms. The summed E-state index contributed by atoms with van der Waals surface area (Å²) >= 11 is 0. The van der Waals surface area contributed by atoms with E-state index in [4.69, 9.17) is 15.2 Å². The lowest BCUT2D eigenvalue weighted by Gasteiger charge is -2.39. The number of nitrogen functional groups attached to an aromatic ring is 1. The van der Waals surface area contributed by atoms with Gasteiger partial charge in [-0.2, -0.15) is 0 Å². The molecule has 1 fully saturated rings. The maximum absolute atomic E-state index is 12.7. The number of carbonyl (C=O) groups excluding carboxylic acids is 2. The van der Waals surface area contributed by atoms with Gasteiger partial charge in [0.15, 0.2) is 6.29 Å². The van der Waals surface area contributed by atoms with Crippen molar-refractivity contribution in [3.8, 4) is 11.1 Å². The van der Waals surface area contributed by atoms with Crippen LogP contribution in [-0.2, 0) is 32.2 Å². The lowest BCUT2D eigenvalue weighted by molar-refractivity contribution is -0.253. The van der Waals surface area contributed by atoms with Gasteiger partial charge in [0, 0.05) is 44.0 Å². The van der Waals surface area contributed by atoms with Gasteiger partial charge in [0.05, 0.1) is 30.2 Å². The first-order valence-corrected chi connectivity index (χ1v) is 19.6. The fourth-order valence-corrected chi connectivity index (χ4v) is 7.08. The number of ether oxygens (including phenoxy) is 2. The number of rotatable bonds is 17. The van der Waals surface area contributed by atoms with E-state index in [9.17, 15) is 14.7 Å². The largest absolute Gasteiger partial charge is 0.397 e. The quantitative estimate of drug-likeness (QED) is 0.0552. The number of nitrogens with zero attached hydrogens (tertiary/aromatic N) is 1. The topological polar surface area (TPSA) is 126 Å². The van der Waals surface area contributed by atoms with Crippen molar-refractivity contribution in [3.05, 3.63) is 155 Å². The smallest absolute Gasteiger partial charge is 0.224 e. The van der Waals surface area contributed by atoms with Gasteiger partial charge in [0.25, 0.3) is 0 Å². The fraction of sp³-hybridized carbons (Fsp3) is 0.319. The molecule has 4 atom stereocenters. The fourth-order valence-electron chi connectivity index (χ4n) is 7.08. The monoisotopic (exact) mass is 754 g/mol. The molecule has 1 aliphatic rings. The Morgan fingerprint density at radius 1 is 0.768 bits per heavy atom. The summed E-state index contributed by atoms with van der Waals surface area (Å²) in [6.07, 6.45) is 2.86. The molecule has 1 aliphatic heterocycles. The maximum Gasteiger partial charge on any atom is 0.224 e. The number of anilines is 2. The molecule has 4 unspecified atom stereocenters. The minimum atomic E-state index is -0.573. The maximum atomic E-state index is 12.7. The molecular weight excluding hydrogens is 701 g/mol. The van der Waals surface area contributed by atoms with E-state index in [0.29, 0.717) is 50.0 Å². The molecule has 6 rings (SSSR count). The van der Waals surface area contributed by atoms with Gasteiger partial charge in [-0.15, -0.1) is 0 Å². The number of carbonyl (C=O) groups is 2. The highest BCUT2D eigenvalue weighted by molar-refractivity contribution is 5.93. The molecule has 5 N–H and O–H groups in total. The molecular formula is C47H54N4O5. The Bertz CT molecular complexity index is 2020. The highest BCUT2D eigenvalue weighted by Crippen LogP contribution is 2.39. The first-order chi connectivity index (χ1) is 27.2. The molecule has 0 radical (unpaired) electrons. The summed E-state index contributed by atoms with van der Waals surface area (Å²) in [6.45, 7) is 3.38. The second-order valence-corrected chi connectivity index (χ2v) is 14.7. The van der Waals surface area contributed by atoms with E-state index in [1.807, 2.05) is 60.7 Å². The lowest BCUT2D eigenvalue weighted by Crippen LogP contribution is -2.38. The molecule has 56 heavy (non-hydrogen) atoms. The van der Waals surface area contributed by atoms with Crippen LogP contribution in [0.15, 0.2) is 127 Å². The second-order valence-electron chi connectivity index (χ2n) is 14.7. The van der Waals surface area contributed by atoms with Gasteiger partial charge in [0.2, 0.25) is 11.8 Å². The molecule has 292 valence electrons. The summed E-state index contributed by atoms with van der Waals surface area (Å²) < 4.78 is 13.4. The lowest BCUT2D eigenvalue weighted by atomic mass is 9.98. The predicted molar refractivity (Wildman–Crippen MR) is 222 cm³/mol. The normalized spacial score (nSPS) is 17.3. The zero-order valence-electron chi connectivity index (χ0n) is 32.4. The van der Waals surface area contributed by atoms with Crippen LogP contribution in [0.25, 0.3) is 11.1 Å². The molecule has 1 heterocycles. The average Bonchev–Trinajstić information content (AvgIpc) is 3.23. The third kappa shape index (κ3) is 11.4. The minimum Gasteiger partial charge on any atom is -0.397 e. The number of para-hydroxylation sites is 2. The SMILES string of the molecule is CC(c1ccccc1)N(C)CC1CC(c2ccc(CO)cc2)OC(c2cccc(-c3cccc(CNC(=O)CCCCCC(=O)Nc4ccccc4N)c3)c2)O1. The van der Waals surface area contributed by atoms with Crippen molar-refractivity contribution in [1.29, 1.82) is 0 Å². The molecule has 0 spiro atoms. The number of amides is 2.